The van der Waals surface area contributed by atoms with Crippen LogP contribution in [0.3, 0.4) is 0 Å². The molecule has 0 atom stereocenters. The van der Waals surface area contributed by atoms with E-state index in [-0.39, 0.29) is 23.8 Å². The molecule has 192 valence electrons. The van der Waals surface area contributed by atoms with Gasteiger partial charge in [-0.05, 0) is 55.3 Å². The summed E-state index contributed by atoms with van der Waals surface area (Å²) >= 11 is 3.53. The number of halogens is 1. The Kier molecular flexibility index (Phi) is 7.98. The zero-order valence-electron chi connectivity index (χ0n) is 20.5. The predicted octanol–water partition coefficient (Wildman–Crippen LogP) is 5.21. The Bertz CT molecular complexity index is 1360. The van der Waals surface area contributed by atoms with Gasteiger partial charge in [-0.15, -0.1) is 0 Å². The van der Waals surface area contributed by atoms with Gasteiger partial charge in [0.25, 0.3) is 5.91 Å². The van der Waals surface area contributed by atoms with Crippen LogP contribution in [0.5, 0.6) is 11.5 Å². The average Bonchev–Trinajstić information content (AvgIpc) is 3.46. The third kappa shape index (κ3) is 6.03. The maximum Gasteiger partial charge on any atom is 0.373 e. The lowest BCUT2D eigenvalue weighted by atomic mass is 10.1. The first-order chi connectivity index (χ1) is 17.8. The first-order valence-corrected chi connectivity index (χ1v) is 12.2. The van der Waals surface area contributed by atoms with E-state index in [1.807, 2.05) is 38.1 Å². The molecule has 1 saturated heterocycles. The van der Waals surface area contributed by atoms with Crippen molar-refractivity contribution in [2.45, 2.75) is 27.0 Å². The molecule has 0 spiro atoms. The van der Waals surface area contributed by atoms with Crippen molar-refractivity contribution < 1.29 is 33.0 Å². The van der Waals surface area contributed by atoms with Crippen LogP contribution in [0.15, 0.2) is 63.1 Å². The molecule has 0 unspecified atom stereocenters. The predicted molar refractivity (Wildman–Crippen MR) is 138 cm³/mol. The number of rotatable bonds is 9. The number of hydrogen-bond donors (Lipinski definition) is 1. The normalized spacial score (nSPS) is 14.2. The number of aryl methyl sites for hydroxylation is 1. The summed E-state index contributed by atoms with van der Waals surface area (Å²) in [5.74, 6) is 0.108. The van der Waals surface area contributed by atoms with Gasteiger partial charge in [0.05, 0.1) is 20.3 Å². The van der Waals surface area contributed by atoms with Crippen LogP contribution in [0.4, 0.5) is 4.79 Å². The molecule has 0 radical (unpaired) electrons. The van der Waals surface area contributed by atoms with Gasteiger partial charge >= 0.3 is 12.0 Å². The summed E-state index contributed by atoms with van der Waals surface area (Å²) < 4.78 is 22.4. The highest BCUT2D eigenvalue weighted by atomic mass is 79.9. The molecule has 4 rings (SSSR count). The number of benzene rings is 2. The number of nitrogens with zero attached hydrogens (tertiary/aromatic N) is 1. The fourth-order valence-corrected chi connectivity index (χ4v) is 4.02. The van der Waals surface area contributed by atoms with Gasteiger partial charge in [0, 0.05) is 4.47 Å². The number of esters is 1. The first-order valence-electron chi connectivity index (χ1n) is 11.4. The quantitative estimate of drug-likeness (QED) is 0.214. The second kappa shape index (κ2) is 11.3. The van der Waals surface area contributed by atoms with Crippen molar-refractivity contribution in [3.8, 4) is 11.5 Å². The van der Waals surface area contributed by atoms with Crippen LogP contribution in [0, 0.1) is 6.92 Å². The second-order valence-corrected chi connectivity index (χ2v) is 9.02. The van der Waals surface area contributed by atoms with Crippen LogP contribution in [0.25, 0.3) is 6.08 Å². The molecular formula is C27H25BrN2O7. The van der Waals surface area contributed by atoms with Gasteiger partial charge in [0.15, 0.2) is 11.5 Å². The fourth-order valence-electron chi connectivity index (χ4n) is 3.59. The third-order valence-corrected chi connectivity index (χ3v) is 6.19. The number of furan rings is 1. The number of nitrogens with one attached hydrogen (secondary N) is 1. The molecule has 1 fully saturated rings. The molecule has 1 N–H and O–H groups in total. The Hall–Kier alpha value is -4.05. The van der Waals surface area contributed by atoms with Crippen LogP contribution in [-0.2, 0) is 22.7 Å². The molecule has 2 aromatic carbocycles. The number of urea groups is 1. The van der Waals surface area contributed by atoms with Crippen molar-refractivity contribution in [1.29, 1.82) is 0 Å². The molecule has 3 amide bonds. The maximum atomic E-state index is 13.0. The number of carbonyl (C=O) groups is 3. The van der Waals surface area contributed by atoms with E-state index in [4.69, 9.17) is 13.9 Å². The van der Waals surface area contributed by atoms with E-state index in [9.17, 15) is 14.4 Å². The van der Waals surface area contributed by atoms with Crippen molar-refractivity contribution in [3.63, 3.8) is 0 Å². The number of imide groups is 1. The van der Waals surface area contributed by atoms with E-state index < -0.39 is 17.9 Å². The number of amides is 3. The summed E-state index contributed by atoms with van der Waals surface area (Å²) in [5.41, 5.74) is 2.88. The summed E-state index contributed by atoms with van der Waals surface area (Å²) in [6.07, 6.45) is 1.55. The topological polar surface area (TPSA) is 107 Å². The van der Waals surface area contributed by atoms with E-state index in [2.05, 4.69) is 26.0 Å². The Morgan fingerprint density at radius 2 is 1.81 bits per heavy atom. The lowest BCUT2D eigenvalue weighted by Gasteiger charge is -2.14. The molecule has 2 heterocycles. The smallest absolute Gasteiger partial charge is 0.373 e. The fraction of sp³-hybridized carbons (Fsp3) is 0.222. The van der Waals surface area contributed by atoms with Gasteiger partial charge in [0.1, 0.15) is 18.1 Å². The van der Waals surface area contributed by atoms with Gasteiger partial charge in [-0.3, -0.25) is 9.69 Å². The van der Waals surface area contributed by atoms with E-state index in [0.29, 0.717) is 34.7 Å². The minimum Gasteiger partial charge on any atom is -0.490 e. The Balaban J connectivity index is 1.52. The first kappa shape index (κ1) is 26.0. The summed E-state index contributed by atoms with van der Waals surface area (Å²) in [7, 11) is 1.23. The van der Waals surface area contributed by atoms with Gasteiger partial charge < -0.3 is 23.9 Å². The lowest BCUT2D eigenvalue weighted by Crippen LogP contribution is -2.30. The zero-order valence-corrected chi connectivity index (χ0v) is 22.1. The molecule has 0 aliphatic carbocycles. The minimum atomic E-state index is -0.648. The Labute approximate surface area is 222 Å². The largest absolute Gasteiger partial charge is 0.490 e. The second-order valence-electron chi connectivity index (χ2n) is 8.16. The summed E-state index contributed by atoms with van der Waals surface area (Å²) in [6, 6.07) is 13.9. The SMILES string of the molecule is CCOc1cc(/C=C2\NC(=O)N(Cc3ccc(C(=O)OC)o3)C2=O)c(Br)cc1OCc1ccc(C)cc1. The zero-order chi connectivity index (χ0) is 26.5. The summed E-state index contributed by atoms with van der Waals surface area (Å²) in [4.78, 5) is 38.0. The Morgan fingerprint density at radius 1 is 1.08 bits per heavy atom. The number of methoxy groups -OCH3 is 1. The molecular weight excluding hydrogens is 544 g/mol. The number of hydrogen-bond acceptors (Lipinski definition) is 7. The van der Waals surface area contributed by atoms with E-state index in [1.165, 1.54) is 24.8 Å². The maximum absolute atomic E-state index is 13.0. The van der Waals surface area contributed by atoms with Gasteiger partial charge in [-0.1, -0.05) is 45.8 Å². The molecule has 10 heteroatoms. The lowest BCUT2D eigenvalue weighted by molar-refractivity contribution is -0.123. The molecule has 1 aliphatic rings. The summed E-state index contributed by atoms with van der Waals surface area (Å²) in [6.45, 7) is 4.52. The van der Waals surface area contributed by atoms with Gasteiger partial charge in [-0.2, -0.15) is 0 Å². The minimum absolute atomic E-state index is 0.0163. The van der Waals surface area contributed by atoms with Crippen molar-refractivity contribution in [1.82, 2.24) is 10.2 Å². The van der Waals surface area contributed by atoms with Crippen molar-refractivity contribution in [2.75, 3.05) is 13.7 Å². The Morgan fingerprint density at radius 3 is 2.51 bits per heavy atom. The monoisotopic (exact) mass is 568 g/mol. The van der Waals surface area contributed by atoms with Crippen molar-refractivity contribution in [2.24, 2.45) is 0 Å². The average molecular weight is 569 g/mol. The van der Waals surface area contributed by atoms with Gasteiger partial charge in [-0.25, -0.2) is 9.59 Å². The molecule has 37 heavy (non-hydrogen) atoms. The van der Waals surface area contributed by atoms with Crippen LogP contribution in [0.2, 0.25) is 0 Å². The highest BCUT2D eigenvalue weighted by molar-refractivity contribution is 9.10. The molecule has 1 aromatic heterocycles. The standard InChI is InChI=1S/C27H25BrN2O7/c1-4-35-23-12-18(20(28)13-24(23)36-15-17-7-5-16(2)6-8-17)11-21-25(31)30(27(33)29-21)14-19-9-10-22(37-19)26(32)34-3/h5-13H,4,14-15H2,1-3H3,(H,29,33)/b21-11-. The molecule has 3 aromatic rings. The van der Waals surface area contributed by atoms with E-state index >= 15 is 0 Å². The van der Waals surface area contributed by atoms with Crippen LogP contribution >= 0.6 is 15.9 Å². The number of carbonyl (C=O) groups excluding carboxylic acids is 3. The van der Waals surface area contributed by atoms with E-state index in [1.54, 1.807) is 18.2 Å². The number of ether oxygens (including phenoxy) is 3. The van der Waals surface area contributed by atoms with Crippen molar-refractivity contribution in [3.05, 3.63) is 86.9 Å². The molecule has 9 nitrogen and oxygen atoms in total. The van der Waals surface area contributed by atoms with E-state index in [0.717, 1.165) is 10.5 Å². The van der Waals surface area contributed by atoms with Crippen LogP contribution < -0.4 is 14.8 Å². The molecule has 1 aliphatic heterocycles. The van der Waals surface area contributed by atoms with Crippen LogP contribution in [-0.4, -0.2) is 36.5 Å². The molecule has 0 saturated carbocycles. The highest BCUT2D eigenvalue weighted by Gasteiger charge is 2.34. The summed E-state index contributed by atoms with van der Waals surface area (Å²) in [5, 5.41) is 2.58. The highest BCUT2D eigenvalue weighted by Crippen LogP contribution is 2.36. The van der Waals surface area contributed by atoms with Crippen molar-refractivity contribution >= 4 is 39.9 Å². The van der Waals surface area contributed by atoms with Crippen LogP contribution in [0.1, 0.15) is 39.9 Å². The molecule has 0 bridgehead atoms. The third-order valence-electron chi connectivity index (χ3n) is 5.50. The van der Waals surface area contributed by atoms with Gasteiger partial charge in [0.2, 0.25) is 5.76 Å².